The van der Waals surface area contributed by atoms with Crippen LogP contribution in [-0.2, 0) is 17.9 Å². The smallest absolute Gasteiger partial charge is 0.243 e. The molecular formula is C19H37N2O+. The number of hydrogen-bond acceptors (Lipinski definition) is 1. The summed E-state index contributed by atoms with van der Waals surface area (Å²) in [5.41, 5.74) is 0. The van der Waals surface area contributed by atoms with Gasteiger partial charge >= 0.3 is 0 Å². The fraction of sp³-hybridized carbons (Fsp3) is 0.789. The van der Waals surface area contributed by atoms with E-state index in [9.17, 15) is 4.79 Å². The van der Waals surface area contributed by atoms with Crippen LogP contribution in [0.4, 0.5) is 0 Å². The minimum atomic E-state index is 0.255. The van der Waals surface area contributed by atoms with E-state index in [0.717, 1.165) is 0 Å². The van der Waals surface area contributed by atoms with Crippen molar-refractivity contribution < 1.29 is 9.36 Å². The van der Waals surface area contributed by atoms with Crippen molar-refractivity contribution in [2.75, 3.05) is 0 Å². The average Bonchev–Trinajstić information content (AvgIpc) is 2.96. The first-order valence-electron chi connectivity index (χ1n) is 9.18. The van der Waals surface area contributed by atoms with E-state index in [2.05, 4.69) is 41.7 Å². The average molecular weight is 310 g/mol. The monoisotopic (exact) mass is 309 g/mol. The molecule has 1 heterocycles. The van der Waals surface area contributed by atoms with Crippen molar-refractivity contribution in [2.24, 2.45) is 0 Å². The number of imidazole rings is 1. The first-order valence-corrected chi connectivity index (χ1v) is 9.18. The Kier molecular flexibility index (Phi) is 14.0. The Bertz CT molecular complexity index is 345. The lowest BCUT2D eigenvalue weighted by molar-refractivity contribution is -0.696. The molecule has 0 N–H and O–H groups in total. The number of ketones is 1. The quantitative estimate of drug-likeness (QED) is 0.421. The van der Waals surface area contributed by atoms with Gasteiger partial charge in [0.25, 0.3) is 0 Å². The Balaban J connectivity index is 0.000000763. The second-order valence-corrected chi connectivity index (χ2v) is 6.07. The zero-order valence-electron chi connectivity index (χ0n) is 15.3. The molecule has 0 atom stereocenters. The maximum atomic E-state index is 9.81. The largest absolute Gasteiger partial charge is 0.300 e. The minimum Gasteiger partial charge on any atom is -0.300 e. The first kappa shape index (κ1) is 20.9. The summed E-state index contributed by atoms with van der Waals surface area (Å²) in [5, 5.41) is 0. The molecule has 0 aromatic carbocycles. The summed E-state index contributed by atoms with van der Waals surface area (Å²) in [6.45, 7) is 10.3. The maximum Gasteiger partial charge on any atom is 0.243 e. The molecule has 1 aromatic rings. The molecule has 0 fully saturated rings. The number of aromatic nitrogens is 2. The maximum absolute atomic E-state index is 9.81. The van der Waals surface area contributed by atoms with Gasteiger partial charge in [0.05, 0.1) is 13.1 Å². The normalized spacial score (nSPS) is 10.2. The van der Waals surface area contributed by atoms with E-state index in [1.54, 1.807) is 6.92 Å². The highest BCUT2D eigenvalue weighted by atomic mass is 16.1. The van der Waals surface area contributed by atoms with E-state index in [-0.39, 0.29) is 5.78 Å². The van der Waals surface area contributed by atoms with E-state index >= 15 is 0 Å². The molecule has 3 heteroatoms. The molecule has 0 spiro atoms. The van der Waals surface area contributed by atoms with Crippen molar-refractivity contribution in [2.45, 2.75) is 98.6 Å². The summed E-state index contributed by atoms with van der Waals surface area (Å²) in [5.74, 6) is 0.255. The molecule has 0 aliphatic rings. The fourth-order valence-corrected chi connectivity index (χ4v) is 2.15. The highest BCUT2D eigenvalue weighted by Gasteiger charge is 2.02. The summed E-state index contributed by atoms with van der Waals surface area (Å²) in [4.78, 5) is 9.81. The predicted molar refractivity (Wildman–Crippen MR) is 93.9 cm³/mol. The lowest BCUT2D eigenvalue weighted by Gasteiger charge is -1.97. The minimum absolute atomic E-state index is 0.255. The van der Waals surface area contributed by atoms with Crippen LogP contribution >= 0.6 is 0 Å². The number of nitrogens with zero attached hydrogens (tertiary/aromatic N) is 2. The van der Waals surface area contributed by atoms with Crippen molar-refractivity contribution in [1.82, 2.24) is 4.57 Å². The van der Waals surface area contributed by atoms with Crippen molar-refractivity contribution in [1.29, 1.82) is 0 Å². The van der Waals surface area contributed by atoms with Crippen LogP contribution in [0.25, 0.3) is 0 Å². The van der Waals surface area contributed by atoms with Crippen molar-refractivity contribution in [3.63, 3.8) is 0 Å². The molecule has 1 rings (SSSR count). The first-order chi connectivity index (χ1) is 10.6. The SMILES string of the molecule is CCC(C)=O.CCCCCCn1cc[n+](CCCCCC)c1. The summed E-state index contributed by atoms with van der Waals surface area (Å²) in [6.07, 6.45) is 18.1. The molecule has 0 bridgehead atoms. The molecule has 0 saturated carbocycles. The Hall–Kier alpha value is -1.12. The predicted octanol–water partition coefficient (Wildman–Crippen LogP) is 4.92. The van der Waals surface area contributed by atoms with Gasteiger partial charge < -0.3 is 4.79 Å². The van der Waals surface area contributed by atoms with Crippen LogP contribution in [0.1, 0.15) is 85.5 Å². The summed E-state index contributed by atoms with van der Waals surface area (Å²) in [7, 11) is 0. The van der Waals surface area contributed by atoms with Crippen LogP contribution in [0.3, 0.4) is 0 Å². The standard InChI is InChI=1S/C15H29N2.C4H8O/c1-3-5-7-9-11-16-13-14-17(15-16)12-10-8-6-4-2;1-3-4(2)5/h13-15H,3-12H2,1-2H3;3H2,1-2H3/q+1;. The highest BCUT2D eigenvalue weighted by Crippen LogP contribution is 2.01. The summed E-state index contributed by atoms with van der Waals surface area (Å²) < 4.78 is 4.66. The number of carbonyl (C=O) groups excluding carboxylic acids is 1. The highest BCUT2D eigenvalue weighted by molar-refractivity contribution is 5.74. The zero-order chi connectivity index (χ0) is 16.6. The summed E-state index contributed by atoms with van der Waals surface area (Å²) in [6, 6.07) is 0. The molecule has 0 unspecified atom stereocenters. The Labute approximate surface area is 137 Å². The third kappa shape index (κ3) is 12.6. The molecular weight excluding hydrogens is 272 g/mol. The third-order valence-corrected chi connectivity index (χ3v) is 3.78. The van der Waals surface area contributed by atoms with Crippen LogP contribution in [-0.4, -0.2) is 10.4 Å². The van der Waals surface area contributed by atoms with Gasteiger partial charge in [-0.05, 0) is 32.6 Å². The topological polar surface area (TPSA) is 25.9 Å². The van der Waals surface area contributed by atoms with E-state index < -0.39 is 0 Å². The number of hydrogen-bond donors (Lipinski definition) is 0. The number of unbranched alkanes of at least 4 members (excludes halogenated alkanes) is 6. The van der Waals surface area contributed by atoms with Gasteiger partial charge in [0.2, 0.25) is 6.33 Å². The van der Waals surface area contributed by atoms with Crippen LogP contribution in [0.2, 0.25) is 0 Å². The third-order valence-electron chi connectivity index (χ3n) is 3.78. The summed E-state index contributed by atoms with van der Waals surface area (Å²) >= 11 is 0. The van der Waals surface area contributed by atoms with Gasteiger partial charge in [-0.2, -0.15) is 0 Å². The Morgan fingerprint density at radius 3 is 2.09 bits per heavy atom. The number of Topliss-reactive ketones (excluding diaryl/α,β-unsaturated/α-hetero) is 1. The molecule has 0 aliphatic carbocycles. The van der Waals surface area contributed by atoms with Crippen LogP contribution < -0.4 is 4.57 Å². The van der Waals surface area contributed by atoms with E-state index in [1.165, 1.54) is 64.5 Å². The van der Waals surface area contributed by atoms with Crippen molar-refractivity contribution >= 4 is 5.78 Å². The van der Waals surface area contributed by atoms with Gasteiger partial charge in [-0.25, -0.2) is 9.13 Å². The second kappa shape index (κ2) is 14.8. The van der Waals surface area contributed by atoms with Crippen LogP contribution in [0.5, 0.6) is 0 Å². The van der Waals surface area contributed by atoms with E-state index in [1.807, 2.05) is 6.92 Å². The van der Waals surface area contributed by atoms with Gasteiger partial charge in [-0.3, -0.25) is 0 Å². The van der Waals surface area contributed by atoms with Crippen molar-refractivity contribution in [3.05, 3.63) is 18.7 Å². The molecule has 22 heavy (non-hydrogen) atoms. The Morgan fingerprint density at radius 1 is 0.955 bits per heavy atom. The molecule has 0 radical (unpaired) electrons. The lowest BCUT2D eigenvalue weighted by Crippen LogP contribution is -2.30. The molecule has 3 nitrogen and oxygen atoms in total. The van der Waals surface area contributed by atoms with Gasteiger partial charge in [0, 0.05) is 6.42 Å². The van der Waals surface area contributed by atoms with Crippen LogP contribution in [0.15, 0.2) is 18.7 Å². The fourth-order valence-electron chi connectivity index (χ4n) is 2.15. The van der Waals surface area contributed by atoms with Gasteiger partial charge in [0.1, 0.15) is 18.2 Å². The van der Waals surface area contributed by atoms with Crippen LogP contribution in [0, 0.1) is 0 Å². The molecule has 1 aromatic heterocycles. The van der Waals surface area contributed by atoms with Crippen molar-refractivity contribution in [3.8, 4) is 0 Å². The van der Waals surface area contributed by atoms with Gasteiger partial charge in [-0.15, -0.1) is 0 Å². The zero-order valence-corrected chi connectivity index (χ0v) is 15.3. The number of rotatable bonds is 11. The molecule has 128 valence electrons. The van der Waals surface area contributed by atoms with E-state index in [0.29, 0.717) is 6.42 Å². The van der Waals surface area contributed by atoms with Gasteiger partial charge in [0.15, 0.2) is 0 Å². The lowest BCUT2D eigenvalue weighted by atomic mass is 10.2. The van der Waals surface area contributed by atoms with E-state index in [4.69, 9.17) is 0 Å². The van der Waals surface area contributed by atoms with Gasteiger partial charge in [-0.1, -0.05) is 46.5 Å². The second-order valence-electron chi connectivity index (χ2n) is 6.07. The number of aryl methyl sites for hydroxylation is 2. The molecule has 0 saturated heterocycles. The molecule has 0 amide bonds. The number of carbonyl (C=O) groups is 1. The Morgan fingerprint density at radius 2 is 1.55 bits per heavy atom. The molecule has 0 aliphatic heterocycles.